The van der Waals surface area contributed by atoms with Gasteiger partial charge in [0.2, 0.25) is 5.91 Å². The van der Waals surface area contributed by atoms with Crippen molar-refractivity contribution in [1.82, 2.24) is 14.7 Å². The quantitative estimate of drug-likeness (QED) is 0.588. The van der Waals surface area contributed by atoms with Crippen molar-refractivity contribution in [3.63, 3.8) is 0 Å². The van der Waals surface area contributed by atoms with Crippen LogP contribution in [-0.4, -0.2) is 80.6 Å². The fourth-order valence-electron chi connectivity index (χ4n) is 3.37. The van der Waals surface area contributed by atoms with E-state index in [1.54, 1.807) is 19.1 Å². The molecule has 156 valence electrons. The molecule has 1 heterocycles. The van der Waals surface area contributed by atoms with Crippen molar-refractivity contribution in [1.29, 1.82) is 10.5 Å². The first-order valence-corrected chi connectivity index (χ1v) is 9.78. The summed E-state index contributed by atoms with van der Waals surface area (Å²) >= 11 is 0. The number of carbonyl (C=O) groups excluding carboxylic acids is 1. The number of hydrogen-bond donors (Lipinski definition) is 0. The zero-order chi connectivity index (χ0) is 21.1. The van der Waals surface area contributed by atoms with Crippen LogP contribution in [0.3, 0.4) is 0 Å². The Morgan fingerprint density at radius 3 is 2.14 bits per heavy atom. The summed E-state index contributed by atoms with van der Waals surface area (Å²) in [6.45, 7) is 5.29. The lowest BCUT2D eigenvalue weighted by Gasteiger charge is -2.35. The highest BCUT2D eigenvalue weighted by molar-refractivity contribution is 5.78. The molecule has 1 saturated heterocycles. The lowest BCUT2D eigenvalue weighted by Crippen LogP contribution is -2.50. The van der Waals surface area contributed by atoms with Gasteiger partial charge in [-0.2, -0.15) is 10.5 Å². The molecule has 1 fully saturated rings. The molecular weight excluding hydrogens is 370 g/mol. The van der Waals surface area contributed by atoms with E-state index in [-0.39, 0.29) is 18.7 Å². The van der Waals surface area contributed by atoms with Gasteiger partial charge in [-0.25, -0.2) is 0 Å². The Hall–Kier alpha value is -2.81. The lowest BCUT2D eigenvalue weighted by atomic mass is 10.1. The summed E-state index contributed by atoms with van der Waals surface area (Å²) in [5.41, 5.74) is 1.16. The van der Waals surface area contributed by atoms with Gasteiger partial charge in [-0.3, -0.25) is 14.6 Å². The highest BCUT2D eigenvalue weighted by Gasteiger charge is 2.22. The van der Waals surface area contributed by atoms with Gasteiger partial charge in [0.25, 0.3) is 0 Å². The summed E-state index contributed by atoms with van der Waals surface area (Å²) in [5.74, 6) is 1.44. The molecule has 0 aliphatic carbocycles. The Balaban J connectivity index is 1.83. The van der Waals surface area contributed by atoms with E-state index in [0.717, 1.165) is 49.8 Å². The standard InChI is InChI=1S/C21H29N5O3/c1-28-19-6-5-18(15-20(19)29-2)16-24-11-13-25(14-12-24)17-21(27)26(9-3-7-22)10-4-8-23/h5-6,15H,3-4,9-14,16-17H2,1-2H3. The van der Waals surface area contributed by atoms with Gasteiger partial charge in [0, 0.05) is 45.8 Å². The maximum Gasteiger partial charge on any atom is 0.236 e. The summed E-state index contributed by atoms with van der Waals surface area (Å²) in [4.78, 5) is 18.7. The normalized spacial score (nSPS) is 14.6. The second-order valence-electron chi connectivity index (χ2n) is 6.94. The Bertz CT molecular complexity index is 730. The number of piperazine rings is 1. The summed E-state index contributed by atoms with van der Waals surface area (Å²) in [7, 11) is 3.26. The van der Waals surface area contributed by atoms with Crippen molar-refractivity contribution >= 4 is 5.91 Å². The molecule has 0 radical (unpaired) electrons. The average Bonchev–Trinajstić information content (AvgIpc) is 2.75. The Kier molecular flexibility index (Phi) is 9.23. The summed E-state index contributed by atoms with van der Waals surface area (Å²) in [6.07, 6.45) is 0.576. The number of rotatable bonds is 10. The van der Waals surface area contributed by atoms with Crippen LogP contribution in [0.4, 0.5) is 0 Å². The van der Waals surface area contributed by atoms with E-state index in [9.17, 15) is 4.79 Å². The smallest absolute Gasteiger partial charge is 0.236 e. The first-order chi connectivity index (χ1) is 14.1. The molecule has 29 heavy (non-hydrogen) atoms. The van der Waals surface area contributed by atoms with E-state index < -0.39 is 0 Å². The van der Waals surface area contributed by atoms with Gasteiger partial charge < -0.3 is 14.4 Å². The molecule has 1 aliphatic rings. The molecule has 1 aliphatic heterocycles. The van der Waals surface area contributed by atoms with Gasteiger partial charge in [0.05, 0.1) is 45.7 Å². The number of carbonyl (C=O) groups is 1. The number of nitriles is 2. The molecule has 1 aromatic rings. The largest absolute Gasteiger partial charge is 0.493 e. The minimum Gasteiger partial charge on any atom is -0.493 e. The van der Waals surface area contributed by atoms with Gasteiger partial charge in [-0.15, -0.1) is 0 Å². The molecule has 0 spiro atoms. The van der Waals surface area contributed by atoms with Crippen LogP contribution in [0.25, 0.3) is 0 Å². The molecule has 8 nitrogen and oxygen atoms in total. The van der Waals surface area contributed by atoms with Gasteiger partial charge in [0.15, 0.2) is 11.5 Å². The van der Waals surface area contributed by atoms with Gasteiger partial charge >= 0.3 is 0 Å². The SMILES string of the molecule is COc1ccc(CN2CCN(CC(=O)N(CCC#N)CCC#N)CC2)cc1OC. The van der Waals surface area contributed by atoms with Crippen LogP contribution in [0.1, 0.15) is 18.4 Å². The average molecular weight is 399 g/mol. The first kappa shape index (κ1) is 22.5. The lowest BCUT2D eigenvalue weighted by molar-refractivity contribution is -0.132. The van der Waals surface area contributed by atoms with Crippen molar-refractivity contribution in [2.45, 2.75) is 19.4 Å². The van der Waals surface area contributed by atoms with E-state index in [1.807, 2.05) is 18.2 Å². The third-order valence-corrected chi connectivity index (χ3v) is 5.02. The number of nitrogens with zero attached hydrogens (tertiary/aromatic N) is 5. The van der Waals surface area contributed by atoms with E-state index in [2.05, 4.69) is 21.9 Å². The Morgan fingerprint density at radius 2 is 1.59 bits per heavy atom. The molecule has 0 atom stereocenters. The molecule has 8 heteroatoms. The Labute approximate surface area is 172 Å². The highest BCUT2D eigenvalue weighted by Crippen LogP contribution is 2.28. The fourth-order valence-corrected chi connectivity index (χ4v) is 3.37. The van der Waals surface area contributed by atoms with Crippen LogP contribution in [0.15, 0.2) is 18.2 Å². The van der Waals surface area contributed by atoms with Crippen molar-refractivity contribution < 1.29 is 14.3 Å². The first-order valence-electron chi connectivity index (χ1n) is 9.78. The van der Waals surface area contributed by atoms with Crippen LogP contribution in [0.5, 0.6) is 11.5 Å². The number of benzene rings is 1. The van der Waals surface area contributed by atoms with Crippen molar-refractivity contribution in [2.24, 2.45) is 0 Å². The zero-order valence-electron chi connectivity index (χ0n) is 17.3. The predicted molar refractivity (Wildman–Crippen MR) is 108 cm³/mol. The minimum absolute atomic E-state index is 0.0103. The van der Waals surface area contributed by atoms with Crippen LogP contribution < -0.4 is 9.47 Å². The van der Waals surface area contributed by atoms with E-state index >= 15 is 0 Å². The second kappa shape index (κ2) is 11.9. The minimum atomic E-state index is -0.0103. The van der Waals surface area contributed by atoms with Gasteiger partial charge in [0.1, 0.15) is 0 Å². The number of hydrogen-bond acceptors (Lipinski definition) is 7. The molecule has 0 aromatic heterocycles. The maximum atomic E-state index is 12.6. The van der Waals surface area contributed by atoms with Gasteiger partial charge in [-0.1, -0.05) is 6.07 Å². The maximum absolute atomic E-state index is 12.6. The molecular formula is C21H29N5O3. The topological polar surface area (TPSA) is 92.8 Å². The van der Waals surface area contributed by atoms with Crippen molar-refractivity contribution in [3.05, 3.63) is 23.8 Å². The van der Waals surface area contributed by atoms with E-state index in [4.69, 9.17) is 20.0 Å². The molecule has 1 amide bonds. The van der Waals surface area contributed by atoms with E-state index in [1.165, 1.54) is 0 Å². The van der Waals surface area contributed by atoms with Crippen molar-refractivity contribution in [3.8, 4) is 23.6 Å². The molecule has 1 aromatic carbocycles. The summed E-state index contributed by atoms with van der Waals surface area (Å²) in [5, 5.41) is 17.5. The van der Waals surface area contributed by atoms with Crippen LogP contribution in [-0.2, 0) is 11.3 Å². The molecule has 0 bridgehead atoms. The van der Waals surface area contributed by atoms with Crippen LogP contribution in [0, 0.1) is 22.7 Å². The number of ether oxygens (including phenoxy) is 2. The molecule has 2 rings (SSSR count). The Morgan fingerprint density at radius 1 is 1.00 bits per heavy atom. The third kappa shape index (κ3) is 6.94. The molecule has 0 saturated carbocycles. The number of amides is 1. The summed E-state index contributed by atoms with van der Waals surface area (Å²) in [6, 6.07) is 10.1. The monoisotopic (exact) mass is 399 g/mol. The van der Waals surface area contributed by atoms with Crippen LogP contribution in [0.2, 0.25) is 0 Å². The second-order valence-corrected chi connectivity index (χ2v) is 6.94. The predicted octanol–water partition coefficient (Wildman–Crippen LogP) is 1.48. The highest BCUT2D eigenvalue weighted by atomic mass is 16.5. The zero-order valence-corrected chi connectivity index (χ0v) is 17.3. The summed E-state index contributed by atoms with van der Waals surface area (Å²) < 4.78 is 10.7. The third-order valence-electron chi connectivity index (χ3n) is 5.02. The van der Waals surface area contributed by atoms with Crippen molar-refractivity contribution in [2.75, 3.05) is 60.0 Å². The van der Waals surface area contributed by atoms with Gasteiger partial charge in [-0.05, 0) is 17.7 Å². The van der Waals surface area contributed by atoms with Crippen LogP contribution >= 0.6 is 0 Å². The molecule has 0 N–H and O–H groups in total. The number of methoxy groups -OCH3 is 2. The molecule has 0 unspecified atom stereocenters. The fraction of sp³-hybridized carbons (Fsp3) is 0.571. The van der Waals surface area contributed by atoms with E-state index in [0.29, 0.717) is 19.6 Å².